The lowest BCUT2D eigenvalue weighted by molar-refractivity contribution is -0.132. The molecular weight excluding hydrogens is 440 g/mol. The number of methoxy groups -OCH3 is 1. The van der Waals surface area contributed by atoms with Gasteiger partial charge in [-0.3, -0.25) is 9.78 Å². The number of carbonyl (C=O) groups is 1. The largest absolute Gasteiger partial charge is 0.489 e. The van der Waals surface area contributed by atoms with Crippen molar-refractivity contribution in [3.05, 3.63) is 108 Å². The number of hydrogen-bond donors (Lipinski definition) is 0. The van der Waals surface area contributed by atoms with Gasteiger partial charge in [0.15, 0.2) is 6.29 Å². The Morgan fingerprint density at radius 1 is 0.914 bits per heavy atom. The van der Waals surface area contributed by atoms with Crippen LogP contribution in [0, 0.1) is 0 Å². The average Bonchev–Trinajstić information content (AvgIpc) is 3.25. The smallest absolute Gasteiger partial charge is 0.213 e. The summed E-state index contributed by atoms with van der Waals surface area (Å²) in [6, 6.07) is 27.1. The Bertz CT molecular complexity index is 1460. The van der Waals surface area contributed by atoms with Crippen LogP contribution in [0.2, 0.25) is 0 Å². The van der Waals surface area contributed by atoms with E-state index in [-0.39, 0.29) is 18.8 Å². The third kappa shape index (κ3) is 4.67. The molecule has 0 radical (unpaired) electrons. The second kappa shape index (κ2) is 10.1. The van der Waals surface area contributed by atoms with Crippen molar-refractivity contribution in [1.82, 2.24) is 9.55 Å². The van der Waals surface area contributed by atoms with Crippen LogP contribution >= 0.6 is 0 Å². The van der Waals surface area contributed by atoms with Gasteiger partial charge in [0.25, 0.3) is 0 Å². The van der Waals surface area contributed by atoms with Crippen LogP contribution in [-0.2, 0) is 22.8 Å². The molecule has 0 N–H and O–H groups in total. The predicted molar refractivity (Wildman–Crippen MR) is 135 cm³/mol. The van der Waals surface area contributed by atoms with Gasteiger partial charge in [-0.25, -0.2) is 0 Å². The molecule has 0 saturated heterocycles. The van der Waals surface area contributed by atoms with Crippen molar-refractivity contribution in [3.63, 3.8) is 0 Å². The molecule has 6 nitrogen and oxygen atoms in total. The van der Waals surface area contributed by atoms with Gasteiger partial charge in [-0.2, -0.15) is 0 Å². The van der Waals surface area contributed by atoms with E-state index in [0.29, 0.717) is 23.6 Å². The number of ketones is 1. The summed E-state index contributed by atoms with van der Waals surface area (Å²) in [7, 11) is 1.60. The van der Waals surface area contributed by atoms with Gasteiger partial charge in [0.05, 0.1) is 11.0 Å². The first kappa shape index (κ1) is 22.8. The maximum Gasteiger partial charge on any atom is 0.213 e. The summed E-state index contributed by atoms with van der Waals surface area (Å²) in [6.45, 7) is 2.53. The van der Waals surface area contributed by atoms with Crippen molar-refractivity contribution < 1.29 is 19.0 Å². The number of ether oxygens (including phenoxy) is 3. The maximum atomic E-state index is 13.6. The molecule has 5 rings (SSSR count). The van der Waals surface area contributed by atoms with Crippen molar-refractivity contribution in [3.8, 4) is 5.75 Å². The molecule has 0 bridgehead atoms. The monoisotopic (exact) mass is 466 g/mol. The molecule has 1 unspecified atom stereocenters. The van der Waals surface area contributed by atoms with E-state index < -0.39 is 0 Å². The Morgan fingerprint density at radius 2 is 1.66 bits per heavy atom. The van der Waals surface area contributed by atoms with Gasteiger partial charge >= 0.3 is 0 Å². The Hall–Kier alpha value is -4.00. The summed E-state index contributed by atoms with van der Waals surface area (Å²) >= 11 is 0. The molecular formula is C29H26N2O4. The molecule has 6 heteroatoms. The summed E-state index contributed by atoms with van der Waals surface area (Å²) in [4.78, 5) is 18.1. The first-order valence-electron chi connectivity index (χ1n) is 11.5. The number of aromatic nitrogens is 2. The summed E-state index contributed by atoms with van der Waals surface area (Å²) in [5, 5.41) is 1.99. The molecule has 0 spiro atoms. The quantitative estimate of drug-likeness (QED) is 0.198. The Balaban J connectivity index is 1.47. The average molecular weight is 467 g/mol. The maximum absolute atomic E-state index is 13.6. The highest BCUT2D eigenvalue weighted by atomic mass is 16.7. The fraction of sp³-hybridized carbons (Fsp3) is 0.172. The molecule has 2 aromatic heterocycles. The van der Waals surface area contributed by atoms with Gasteiger partial charge in [-0.05, 0) is 48.9 Å². The van der Waals surface area contributed by atoms with Crippen molar-refractivity contribution in [1.29, 1.82) is 0 Å². The molecule has 0 saturated carbocycles. The van der Waals surface area contributed by atoms with E-state index in [2.05, 4.69) is 4.98 Å². The zero-order valence-electron chi connectivity index (χ0n) is 19.7. The topological polar surface area (TPSA) is 62.6 Å². The van der Waals surface area contributed by atoms with E-state index in [0.717, 1.165) is 27.4 Å². The van der Waals surface area contributed by atoms with E-state index >= 15 is 0 Å². The Morgan fingerprint density at radius 3 is 2.43 bits per heavy atom. The molecule has 0 aliphatic rings. The SMILES string of the molecule is COC(C)OCn1c2ccccc2c2ccnc(C(=O)c3ccc(OCc4ccccc4)cc3)c21. The highest BCUT2D eigenvalue weighted by molar-refractivity contribution is 6.19. The zero-order chi connectivity index (χ0) is 24.2. The number of carbonyl (C=O) groups excluding carboxylic acids is 1. The number of nitrogens with zero attached hydrogens (tertiary/aromatic N) is 2. The van der Waals surface area contributed by atoms with Crippen LogP contribution < -0.4 is 4.74 Å². The number of para-hydroxylation sites is 1. The molecule has 0 amide bonds. The summed E-state index contributed by atoms with van der Waals surface area (Å²) < 4.78 is 19.0. The lowest BCUT2D eigenvalue weighted by atomic mass is 10.1. The molecule has 0 aliphatic carbocycles. The third-order valence-electron chi connectivity index (χ3n) is 6.03. The van der Waals surface area contributed by atoms with Crippen LogP contribution in [0.15, 0.2) is 91.1 Å². The zero-order valence-corrected chi connectivity index (χ0v) is 19.7. The lowest BCUT2D eigenvalue weighted by Gasteiger charge is -2.14. The van der Waals surface area contributed by atoms with Crippen LogP contribution in [0.3, 0.4) is 0 Å². The second-order valence-corrected chi connectivity index (χ2v) is 8.23. The van der Waals surface area contributed by atoms with E-state index in [4.69, 9.17) is 14.2 Å². The van der Waals surface area contributed by atoms with Crippen molar-refractivity contribution in [2.24, 2.45) is 0 Å². The van der Waals surface area contributed by atoms with E-state index in [1.165, 1.54) is 0 Å². The van der Waals surface area contributed by atoms with Crippen LogP contribution in [0.25, 0.3) is 21.8 Å². The number of fused-ring (bicyclic) bond motifs is 3. The van der Waals surface area contributed by atoms with E-state index in [9.17, 15) is 4.79 Å². The van der Waals surface area contributed by atoms with Crippen LogP contribution in [0.5, 0.6) is 5.75 Å². The van der Waals surface area contributed by atoms with Crippen LogP contribution in [0.1, 0.15) is 28.5 Å². The summed E-state index contributed by atoms with van der Waals surface area (Å²) in [6.07, 6.45) is 1.30. The Labute approximate surface area is 203 Å². The van der Waals surface area contributed by atoms with Gasteiger partial charge in [0.2, 0.25) is 5.78 Å². The Kier molecular flexibility index (Phi) is 6.57. The summed E-state index contributed by atoms with van der Waals surface area (Å²) in [5.41, 5.74) is 3.72. The minimum Gasteiger partial charge on any atom is -0.489 e. The van der Waals surface area contributed by atoms with Gasteiger partial charge in [0, 0.05) is 29.6 Å². The number of benzene rings is 3. The third-order valence-corrected chi connectivity index (χ3v) is 6.03. The van der Waals surface area contributed by atoms with Crippen LogP contribution in [0.4, 0.5) is 0 Å². The highest BCUT2D eigenvalue weighted by Gasteiger charge is 2.21. The molecule has 1 atom stereocenters. The molecule has 0 aliphatic heterocycles. The standard InChI is InChI=1S/C29H26N2O4/c1-20(33-2)35-19-31-26-11-7-6-10-24(26)25-16-17-30-27(28(25)31)29(32)22-12-14-23(15-13-22)34-18-21-8-4-3-5-9-21/h3-17,20H,18-19H2,1-2H3. The second-order valence-electron chi connectivity index (χ2n) is 8.23. The summed E-state index contributed by atoms with van der Waals surface area (Å²) in [5.74, 6) is 0.543. The van der Waals surface area contributed by atoms with E-state index in [1.807, 2.05) is 84.3 Å². The number of pyridine rings is 1. The van der Waals surface area contributed by atoms with E-state index in [1.54, 1.807) is 25.4 Å². The fourth-order valence-corrected chi connectivity index (χ4v) is 4.13. The highest BCUT2D eigenvalue weighted by Crippen LogP contribution is 2.31. The first-order chi connectivity index (χ1) is 17.2. The van der Waals surface area contributed by atoms with Gasteiger partial charge < -0.3 is 18.8 Å². The van der Waals surface area contributed by atoms with Crippen molar-refractivity contribution in [2.45, 2.75) is 26.6 Å². The predicted octanol–water partition coefficient (Wildman–Crippen LogP) is 5.97. The molecule has 3 aromatic carbocycles. The normalized spacial score (nSPS) is 12.2. The van der Waals surface area contributed by atoms with Crippen molar-refractivity contribution in [2.75, 3.05) is 7.11 Å². The minimum absolute atomic E-state index is 0.158. The molecule has 5 aromatic rings. The minimum atomic E-state index is -0.384. The molecule has 2 heterocycles. The lowest BCUT2D eigenvalue weighted by Crippen LogP contribution is -2.15. The molecule has 35 heavy (non-hydrogen) atoms. The number of rotatable bonds is 9. The fourth-order valence-electron chi connectivity index (χ4n) is 4.13. The van der Waals surface area contributed by atoms with Crippen molar-refractivity contribution >= 4 is 27.6 Å². The molecule has 176 valence electrons. The van der Waals surface area contributed by atoms with Crippen LogP contribution in [-0.4, -0.2) is 28.7 Å². The number of hydrogen-bond acceptors (Lipinski definition) is 5. The molecule has 0 fully saturated rings. The van der Waals surface area contributed by atoms with Gasteiger partial charge in [-0.15, -0.1) is 0 Å². The first-order valence-corrected chi connectivity index (χ1v) is 11.5. The van der Waals surface area contributed by atoms with Gasteiger partial charge in [0.1, 0.15) is 24.8 Å². The van der Waals surface area contributed by atoms with Gasteiger partial charge in [-0.1, -0.05) is 48.5 Å².